The summed E-state index contributed by atoms with van der Waals surface area (Å²) in [6, 6.07) is 9.00. The molecule has 5 nitrogen and oxygen atoms in total. The van der Waals surface area contributed by atoms with E-state index in [4.69, 9.17) is 11.6 Å². The van der Waals surface area contributed by atoms with E-state index in [0.29, 0.717) is 5.69 Å². The maximum atomic E-state index is 13.0. The number of non-ortho nitro benzene ring substituents is 1. The van der Waals surface area contributed by atoms with Gasteiger partial charge in [0.15, 0.2) is 0 Å². The van der Waals surface area contributed by atoms with Gasteiger partial charge >= 0.3 is 0 Å². The molecule has 0 aliphatic heterocycles. The highest BCUT2D eigenvalue weighted by Crippen LogP contribution is 2.20. The normalized spacial score (nSPS) is 10.1. The van der Waals surface area contributed by atoms with Crippen molar-refractivity contribution in [1.82, 2.24) is 0 Å². The van der Waals surface area contributed by atoms with Gasteiger partial charge < -0.3 is 5.32 Å². The molecule has 7 heteroatoms. The summed E-state index contributed by atoms with van der Waals surface area (Å²) in [5.41, 5.74) is 0.238. The molecule has 0 fully saturated rings. The molecule has 0 radical (unpaired) electrons. The third kappa shape index (κ3) is 3.10. The minimum atomic E-state index is -0.597. The van der Waals surface area contributed by atoms with Gasteiger partial charge in [-0.1, -0.05) is 17.7 Å². The smallest absolute Gasteiger partial charge is 0.270 e. The van der Waals surface area contributed by atoms with Crippen LogP contribution < -0.4 is 5.32 Å². The first kappa shape index (κ1) is 14.0. The van der Waals surface area contributed by atoms with Crippen LogP contribution in [0.4, 0.5) is 15.8 Å². The number of nitro benzene ring substituents is 1. The highest BCUT2D eigenvalue weighted by atomic mass is 35.5. The van der Waals surface area contributed by atoms with Gasteiger partial charge in [-0.05, 0) is 24.3 Å². The maximum absolute atomic E-state index is 13.0. The van der Waals surface area contributed by atoms with Crippen LogP contribution in [0.25, 0.3) is 0 Å². The number of anilines is 1. The number of hydrogen-bond acceptors (Lipinski definition) is 3. The van der Waals surface area contributed by atoms with E-state index in [1.54, 1.807) is 0 Å². The molecule has 0 spiro atoms. The van der Waals surface area contributed by atoms with Crippen LogP contribution in [0.3, 0.4) is 0 Å². The Labute approximate surface area is 118 Å². The molecule has 2 rings (SSSR count). The highest BCUT2D eigenvalue weighted by Gasteiger charge is 2.12. The molecule has 0 aliphatic carbocycles. The van der Waals surface area contributed by atoms with Crippen molar-refractivity contribution in [3.05, 3.63) is 69.0 Å². The Morgan fingerprint density at radius 2 is 2.00 bits per heavy atom. The molecular formula is C13H8ClFN2O3. The second-order valence-electron chi connectivity index (χ2n) is 3.89. The zero-order valence-electron chi connectivity index (χ0n) is 9.97. The fraction of sp³-hybridized carbons (Fsp3) is 0. The summed E-state index contributed by atoms with van der Waals surface area (Å²) in [6.07, 6.45) is 0. The van der Waals surface area contributed by atoms with Crippen LogP contribution in [0, 0.1) is 15.9 Å². The van der Waals surface area contributed by atoms with E-state index in [1.165, 1.54) is 30.3 Å². The Morgan fingerprint density at radius 3 is 2.65 bits per heavy atom. The second kappa shape index (κ2) is 5.66. The number of nitro groups is 1. The van der Waals surface area contributed by atoms with Crippen LogP contribution in [0.15, 0.2) is 42.5 Å². The topological polar surface area (TPSA) is 72.2 Å². The third-order valence-electron chi connectivity index (χ3n) is 2.50. The SMILES string of the molecule is O=C(Nc1ccc(F)c(Cl)c1)c1cccc([N+](=O)[O-])c1. The van der Waals surface area contributed by atoms with E-state index in [2.05, 4.69) is 5.32 Å². The van der Waals surface area contributed by atoms with Crippen LogP contribution in [0.1, 0.15) is 10.4 Å². The molecule has 0 heterocycles. The lowest BCUT2D eigenvalue weighted by Gasteiger charge is -2.06. The number of halogens is 2. The average molecular weight is 295 g/mol. The maximum Gasteiger partial charge on any atom is 0.270 e. The van der Waals surface area contributed by atoms with Gasteiger partial charge in [-0.15, -0.1) is 0 Å². The fourth-order valence-corrected chi connectivity index (χ4v) is 1.72. The number of benzene rings is 2. The number of carbonyl (C=O) groups excluding carboxylic acids is 1. The second-order valence-corrected chi connectivity index (χ2v) is 4.30. The number of nitrogens with one attached hydrogen (secondary N) is 1. The molecule has 102 valence electrons. The number of rotatable bonds is 3. The molecule has 0 bridgehead atoms. The summed E-state index contributed by atoms with van der Waals surface area (Å²) in [7, 11) is 0. The monoisotopic (exact) mass is 294 g/mol. The molecule has 1 amide bonds. The Kier molecular flexibility index (Phi) is 3.95. The van der Waals surface area contributed by atoms with Crippen molar-refractivity contribution in [3.63, 3.8) is 0 Å². The van der Waals surface area contributed by atoms with Crippen LogP contribution in [0.2, 0.25) is 5.02 Å². The molecule has 0 aromatic heterocycles. The van der Waals surface area contributed by atoms with Crippen molar-refractivity contribution in [1.29, 1.82) is 0 Å². The number of hydrogen-bond donors (Lipinski definition) is 1. The summed E-state index contributed by atoms with van der Waals surface area (Å²) in [5, 5.41) is 13.0. The zero-order chi connectivity index (χ0) is 14.7. The molecule has 0 aliphatic rings. The lowest BCUT2D eigenvalue weighted by Crippen LogP contribution is -2.12. The van der Waals surface area contributed by atoms with Gasteiger partial charge in [0.1, 0.15) is 5.82 Å². The largest absolute Gasteiger partial charge is 0.322 e. The van der Waals surface area contributed by atoms with Crippen molar-refractivity contribution in [2.24, 2.45) is 0 Å². The zero-order valence-corrected chi connectivity index (χ0v) is 10.7. The number of amides is 1. The first-order valence-electron chi connectivity index (χ1n) is 5.48. The summed E-state index contributed by atoms with van der Waals surface area (Å²) >= 11 is 5.59. The molecule has 0 unspecified atom stereocenters. The fourth-order valence-electron chi connectivity index (χ4n) is 1.54. The van der Waals surface area contributed by atoms with Crippen LogP contribution >= 0.6 is 11.6 Å². The predicted molar refractivity (Wildman–Crippen MR) is 72.5 cm³/mol. The first-order valence-corrected chi connectivity index (χ1v) is 5.86. The first-order chi connectivity index (χ1) is 9.47. The van der Waals surface area contributed by atoms with E-state index in [-0.39, 0.29) is 16.3 Å². The van der Waals surface area contributed by atoms with Crippen LogP contribution in [-0.2, 0) is 0 Å². The third-order valence-corrected chi connectivity index (χ3v) is 2.79. The molecule has 2 aromatic rings. The summed E-state index contributed by atoms with van der Waals surface area (Å²) in [6.45, 7) is 0. The van der Waals surface area contributed by atoms with Gasteiger partial charge in [-0.2, -0.15) is 0 Å². The summed E-state index contributed by atoms with van der Waals surface area (Å²) in [4.78, 5) is 22.0. The Hall–Kier alpha value is -2.47. The molecule has 0 atom stereocenters. The minimum Gasteiger partial charge on any atom is -0.322 e. The highest BCUT2D eigenvalue weighted by molar-refractivity contribution is 6.31. The Balaban J connectivity index is 2.21. The van der Waals surface area contributed by atoms with Gasteiger partial charge in [-0.3, -0.25) is 14.9 Å². The molecule has 0 saturated carbocycles. The van der Waals surface area contributed by atoms with E-state index in [0.717, 1.165) is 12.1 Å². The standard InChI is InChI=1S/C13H8ClFN2O3/c14-11-7-9(4-5-12(11)15)16-13(18)8-2-1-3-10(6-8)17(19)20/h1-7H,(H,16,18). The van der Waals surface area contributed by atoms with Crippen molar-refractivity contribution in [2.75, 3.05) is 5.32 Å². The van der Waals surface area contributed by atoms with Crippen LogP contribution in [-0.4, -0.2) is 10.8 Å². The Morgan fingerprint density at radius 1 is 1.25 bits per heavy atom. The summed E-state index contributed by atoms with van der Waals surface area (Å²) in [5.74, 6) is -1.14. The molecule has 0 saturated heterocycles. The molecular weight excluding hydrogens is 287 g/mol. The number of nitrogens with zero attached hydrogens (tertiary/aromatic N) is 1. The van der Waals surface area contributed by atoms with Gasteiger partial charge in [0.05, 0.1) is 9.95 Å². The van der Waals surface area contributed by atoms with E-state index >= 15 is 0 Å². The van der Waals surface area contributed by atoms with Crippen LogP contribution in [0.5, 0.6) is 0 Å². The molecule has 2 aromatic carbocycles. The quantitative estimate of drug-likeness (QED) is 0.694. The van der Waals surface area contributed by atoms with Gasteiger partial charge in [0.25, 0.3) is 11.6 Å². The predicted octanol–water partition coefficient (Wildman–Crippen LogP) is 3.64. The van der Waals surface area contributed by atoms with Gasteiger partial charge in [-0.25, -0.2) is 4.39 Å². The average Bonchev–Trinajstić information content (AvgIpc) is 2.43. The lowest BCUT2D eigenvalue weighted by atomic mass is 10.2. The van der Waals surface area contributed by atoms with E-state index in [1.807, 2.05) is 0 Å². The summed E-state index contributed by atoms with van der Waals surface area (Å²) < 4.78 is 13.0. The minimum absolute atomic E-state index is 0.123. The number of carbonyl (C=O) groups is 1. The van der Waals surface area contributed by atoms with Crippen molar-refractivity contribution < 1.29 is 14.1 Å². The van der Waals surface area contributed by atoms with Gasteiger partial charge in [0, 0.05) is 23.4 Å². The van der Waals surface area contributed by atoms with Crippen molar-refractivity contribution in [2.45, 2.75) is 0 Å². The van der Waals surface area contributed by atoms with Crippen molar-refractivity contribution >= 4 is 28.9 Å². The lowest BCUT2D eigenvalue weighted by molar-refractivity contribution is -0.384. The molecule has 20 heavy (non-hydrogen) atoms. The van der Waals surface area contributed by atoms with E-state index in [9.17, 15) is 19.3 Å². The molecule has 1 N–H and O–H groups in total. The van der Waals surface area contributed by atoms with E-state index < -0.39 is 16.6 Å². The Bertz CT molecular complexity index is 691. The van der Waals surface area contributed by atoms with Crippen molar-refractivity contribution in [3.8, 4) is 0 Å². The van der Waals surface area contributed by atoms with Gasteiger partial charge in [0.2, 0.25) is 0 Å².